The van der Waals surface area contributed by atoms with Crippen LogP contribution in [-0.2, 0) is 13.1 Å². The van der Waals surface area contributed by atoms with E-state index in [1.54, 1.807) is 0 Å². The molecule has 0 saturated carbocycles. The van der Waals surface area contributed by atoms with Crippen LogP contribution in [0.15, 0.2) is 12.4 Å². The molecule has 0 bridgehead atoms. The Labute approximate surface area is 105 Å². The zero-order chi connectivity index (χ0) is 11.1. The summed E-state index contributed by atoms with van der Waals surface area (Å²) in [5, 5.41) is 7.75. The van der Waals surface area contributed by atoms with Crippen LogP contribution < -0.4 is 5.32 Å². The minimum absolute atomic E-state index is 0. The number of nitrogens with zero attached hydrogens (tertiary/aromatic N) is 2. The average molecular weight is 246 g/mol. The third kappa shape index (κ3) is 6.13. The fourth-order valence-corrected chi connectivity index (χ4v) is 1.51. The van der Waals surface area contributed by atoms with Gasteiger partial charge in [-0.15, -0.1) is 12.4 Å². The fraction of sp³-hybridized carbons (Fsp3) is 0.750. The van der Waals surface area contributed by atoms with Gasteiger partial charge in [-0.25, -0.2) is 0 Å². The Kier molecular flexibility index (Phi) is 8.30. The molecule has 0 fully saturated rings. The van der Waals surface area contributed by atoms with E-state index in [0.29, 0.717) is 5.92 Å². The molecule has 0 unspecified atom stereocenters. The predicted octanol–water partition coefficient (Wildman–Crippen LogP) is 2.85. The first kappa shape index (κ1) is 15.5. The van der Waals surface area contributed by atoms with Crippen molar-refractivity contribution in [3.05, 3.63) is 18.0 Å². The molecule has 94 valence electrons. The summed E-state index contributed by atoms with van der Waals surface area (Å²) < 4.78 is 2.03. The maximum Gasteiger partial charge on any atom is 0.0534 e. The number of nitrogens with one attached hydrogen (secondary N) is 1. The van der Waals surface area contributed by atoms with E-state index in [1.165, 1.54) is 18.4 Å². The summed E-state index contributed by atoms with van der Waals surface area (Å²) in [6.45, 7) is 9.68. The van der Waals surface area contributed by atoms with Gasteiger partial charge in [0, 0.05) is 24.8 Å². The lowest BCUT2D eigenvalue weighted by Crippen LogP contribution is -2.14. The second-order valence-electron chi connectivity index (χ2n) is 4.49. The third-order valence-electron chi connectivity index (χ3n) is 2.28. The van der Waals surface area contributed by atoms with Crippen molar-refractivity contribution >= 4 is 12.4 Å². The first-order chi connectivity index (χ1) is 7.22. The number of aromatic nitrogens is 2. The van der Waals surface area contributed by atoms with Crippen LogP contribution in [0.2, 0.25) is 0 Å². The molecule has 1 rings (SSSR count). The summed E-state index contributed by atoms with van der Waals surface area (Å²) in [7, 11) is 0. The topological polar surface area (TPSA) is 29.9 Å². The van der Waals surface area contributed by atoms with Gasteiger partial charge < -0.3 is 5.32 Å². The molecule has 0 aromatic carbocycles. The highest BCUT2D eigenvalue weighted by molar-refractivity contribution is 5.85. The smallest absolute Gasteiger partial charge is 0.0534 e. The van der Waals surface area contributed by atoms with Gasteiger partial charge in [-0.1, -0.05) is 27.2 Å². The molecule has 0 aliphatic rings. The second kappa shape index (κ2) is 8.59. The van der Waals surface area contributed by atoms with Gasteiger partial charge >= 0.3 is 0 Å². The lowest BCUT2D eigenvalue weighted by atomic mass is 10.2. The maximum absolute atomic E-state index is 4.33. The quantitative estimate of drug-likeness (QED) is 0.749. The van der Waals surface area contributed by atoms with Crippen LogP contribution in [-0.4, -0.2) is 16.3 Å². The first-order valence-corrected chi connectivity index (χ1v) is 5.94. The Morgan fingerprint density at radius 2 is 2.19 bits per heavy atom. The number of hydrogen-bond donors (Lipinski definition) is 1. The van der Waals surface area contributed by atoms with Crippen molar-refractivity contribution in [1.29, 1.82) is 0 Å². The van der Waals surface area contributed by atoms with E-state index < -0.39 is 0 Å². The van der Waals surface area contributed by atoms with Crippen molar-refractivity contribution in [2.45, 2.75) is 46.7 Å². The normalized spacial score (nSPS) is 10.5. The van der Waals surface area contributed by atoms with Crippen LogP contribution in [0.3, 0.4) is 0 Å². The Balaban J connectivity index is 0.00000225. The highest BCUT2D eigenvalue weighted by Gasteiger charge is 2.00. The molecule has 0 spiro atoms. The van der Waals surface area contributed by atoms with Crippen LogP contribution >= 0.6 is 12.4 Å². The van der Waals surface area contributed by atoms with Crippen LogP contribution in [0.25, 0.3) is 0 Å². The van der Waals surface area contributed by atoms with Gasteiger partial charge in [0.25, 0.3) is 0 Å². The van der Waals surface area contributed by atoms with Crippen LogP contribution in [0.4, 0.5) is 0 Å². The Hall–Kier alpha value is -0.540. The zero-order valence-electron chi connectivity index (χ0n) is 10.6. The monoisotopic (exact) mass is 245 g/mol. The molecule has 0 aliphatic carbocycles. The molecular weight excluding hydrogens is 222 g/mol. The molecule has 1 aromatic rings. The van der Waals surface area contributed by atoms with E-state index in [4.69, 9.17) is 0 Å². The van der Waals surface area contributed by atoms with Crippen LogP contribution in [0, 0.1) is 5.92 Å². The van der Waals surface area contributed by atoms with Crippen molar-refractivity contribution in [2.75, 3.05) is 6.54 Å². The molecule has 1 heterocycles. The Morgan fingerprint density at radius 1 is 1.44 bits per heavy atom. The van der Waals surface area contributed by atoms with Crippen molar-refractivity contribution in [3.8, 4) is 0 Å². The standard InChI is InChI=1S/C12H23N3.ClH/c1-4-5-6-13-7-12-8-14-15(10-12)9-11(2)3;/h8,10-11,13H,4-7,9H2,1-3H3;1H. The Morgan fingerprint density at radius 3 is 2.81 bits per heavy atom. The van der Waals surface area contributed by atoms with E-state index in [-0.39, 0.29) is 12.4 Å². The SMILES string of the molecule is CCCCNCc1cnn(CC(C)C)c1.Cl. The van der Waals surface area contributed by atoms with Crippen LogP contribution in [0.5, 0.6) is 0 Å². The summed E-state index contributed by atoms with van der Waals surface area (Å²) in [5.74, 6) is 0.658. The zero-order valence-corrected chi connectivity index (χ0v) is 11.4. The minimum Gasteiger partial charge on any atom is -0.313 e. The number of unbranched alkanes of at least 4 members (excludes halogenated alkanes) is 1. The third-order valence-corrected chi connectivity index (χ3v) is 2.28. The molecule has 0 radical (unpaired) electrons. The molecular formula is C12H24ClN3. The van der Waals surface area contributed by atoms with E-state index >= 15 is 0 Å². The van der Waals surface area contributed by atoms with Gasteiger partial charge in [-0.3, -0.25) is 4.68 Å². The lowest BCUT2D eigenvalue weighted by molar-refractivity contribution is 0.482. The molecule has 0 aliphatic heterocycles. The molecule has 0 atom stereocenters. The van der Waals surface area contributed by atoms with Gasteiger partial charge in [0.2, 0.25) is 0 Å². The van der Waals surface area contributed by atoms with Crippen molar-refractivity contribution in [3.63, 3.8) is 0 Å². The van der Waals surface area contributed by atoms with Gasteiger partial charge in [-0.05, 0) is 18.9 Å². The second-order valence-corrected chi connectivity index (χ2v) is 4.49. The first-order valence-electron chi connectivity index (χ1n) is 5.94. The van der Waals surface area contributed by atoms with E-state index in [1.807, 2.05) is 10.9 Å². The largest absolute Gasteiger partial charge is 0.313 e. The molecule has 0 amide bonds. The fourth-order valence-electron chi connectivity index (χ4n) is 1.51. The van der Waals surface area contributed by atoms with Gasteiger partial charge in [0.1, 0.15) is 0 Å². The maximum atomic E-state index is 4.33. The van der Waals surface area contributed by atoms with Crippen molar-refractivity contribution in [1.82, 2.24) is 15.1 Å². The van der Waals surface area contributed by atoms with Gasteiger partial charge in [-0.2, -0.15) is 5.10 Å². The Bertz CT molecular complexity index is 271. The van der Waals surface area contributed by atoms with Gasteiger partial charge in [0.15, 0.2) is 0 Å². The number of halogens is 1. The van der Waals surface area contributed by atoms with E-state index in [9.17, 15) is 0 Å². The van der Waals surface area contributed by atoms with E-state index in [2.05, 4.69) is 37.4 Å². The highest BCUT2D eigenvalue weighted by atomic mass is 35.5. The van der Waals surface area contributed by atoms with Gasteiger partial charge in [0.05, 0.1) is 6.20 Å². The average Bonchev–Trinajstić information content (AvgIpc) is 2.59. The molecule has 16 heavy (non-hydrogen) atoms. The molecule has 3 nitrogen and oxygen atoms in total. The van der Waals surface area contributed by atoms with E-state index in [0.717, 1.165) is 19.6 Å². The van der Waals surface area contributed by atoms with Crippen molar-refractivity contribution < 1.29 is 0 Å². The number of hydrogen-bond acceptors (Lipinski definition) is 2. The molecule has 1 N–H and O–H groups in total. The molecule has 0 saturated heterocycles. The minimum atomic E-state index is 0. The lowest BCUT2D eigenvalue weighted by Gasteiger charge is -2.03. The molecule has 4 heteroatoms. The van der Waals surface area contributed by atoms with Crippen LogP contribution in [0.1, 0.15) is 39.2 Å². The highest BCUT2D eigenvalue weighted by Crippen LogP contribution is 2.01. The summed E-state index contributed by atoms with van der Waals surface area (Å²) in [4.78, 5) is 0. The predicted molar refractivity (Wildman–Crippen MR) is 70.9 cm³/mol. The summed E-state index contributed by atoms with van der Waals surface area (Å²) in [6.07, 6.45) is 6.60. The summed E-state index contributed by atoms with van der Waals surface area (Å²) in [6, 6.07) is 0. The number of rotatable bonds is 7. The summed E-state index contributed by atoms with van der Waals surface area (Å²) in [5.41, 5.74) is 1.28. The summed E-state index contributed by atoms with van der Waals surface area (Å²) >= 11 is 0. The molecule has 1 aromatic heterocycles. The van der Waals surface area contributed by atoms with Crippen molar-refractivity contribution in [2.24, 2.45) is 5.92 Å².